The number of hydrogen-bond donors (Lipinski definition) is 2. The summed E-state index contributed by atoms with van der Waals surface area (Å²) in [4.78, 5) is 0. The van der Waals surface area contributed by atoms with Crippen LogP contribution in [0.2, 0.25) is 0 Å². The van der Waals surface area contributed by atoms with Crippen LogP contribution in [0.25, 0.3) is 0 Å². The predicted octanol–water partition coefficient (Wildman–Crippen LogP) is -3.62. The van der Waals surface area contributed by atoms with Crippen LogP contribution >= 0.6 is 0 Å². The van der Waals surface area contributed by atoms with Crippen molar-refractivity contribution < 1.29 is 21.2 Å². The molecule has 0 saturated heterocycles. The van der Waals surface area contributed by atoms with Gasteiger partial charge in [0.05, 0.1) is 0 Å². The molecule has 1 unspecified atom stereocenters. The normalized spacial score (nSPS) is 14.4. The van der Waals surface area contributed by atoms with Gasteiger partial charge in [-0.1, -0.05) is 0 Å². The van der Waals surface area contributed by atoms with Crippen LogP contribution in [0, 0.1) is 0 Å². The van der Waals surface area contributed by atoms with Crippen LogP contribution in [-0.2, 0) is 0 Å². The quantitative estimate of drug-likeness (QED) is 0.297. The van der Waals surface area contributed by atoms with Crippen molar-refractivity contribution in [1.29, 1.82) is 0 Å². The van der Waals surface area contributed by atoms with Gasteiger partial charge in [-0.2, -0.15) is 0 Å². The van der Waals surface area contributed by atoms with Crippen LogP contribution in [0.15, 0.2) is 0 Å². The molecular weight excluding hydrogens is 215 g/mol. The molecule has 1 atom stereocenters. The van der Waals surface area contributed by atoms with E-state index in [9.17, 15) is 0 Å². The van der Waals surface area contributed by atoms with Crippen molar-refractivity contribution in [2.45, 2.75) is 13.0 Å². The third-order valence-corrected chi connectivity index (χ3v) is 3.99. The van der Waals surface area contributed by atoms with Gasteiger partial charge < -0.3 is 0 Å². The van der Waals surface area contributed by atoms with Crippen LogP contribution in [-0.4, -0.2) is 21.4 Å². The van der Waals surface area contributed by atoms with Gasteiger partial charge in [0.25, 0.3) is 0 Å². The van der Waals surface area contributed by atoms with Gasteiger partial charge in [-0.25, -0.2) is 0 Å². The van der Waals surface area contributed by atoms with Crippen molar-refractivity contribution in [3.05, 3.63) is 0 Å². The molecule has 0 aliphatic heterocycles. The van der Waals surface area contributed by atoms with Crippen molar-refractivity contribution in [3.63, 3.8) is 0 Å². The molecule has 0 heterocycles. The summed E-state index contributed by atoms with van der Waals surface area (Å²) in [6.07, 6.45) is 0. The van der Waals surface area contributed by atoms with E-state index < -0.39 is 0 Å². The number of rotatable bonds is 4. The fraction of sp³-hybridized carbons (Fsp3) is 1.00. The van der Waals surface area contributed by atoms with E-state index in [1.807, 2.05) is 0 Å². The van der Waals surface area contributed by atoms with E-state index in [1.54, 1.807) is 0 Å². The molecule has 0 aliphatic carbocycles. The van der Waals surface area contributed by atoms with Crippen LogP contribution < -0.4 is 32.7 Å². The zero-order chi connectivity index (χ0) is 6.41. The van der Waals surface area contributed by atoms with E-state index in [0.29, 0.717) is 27.2 Å². The van der Waals surface area contributed by atoms with E-state index in [1.165, 1.54) is 8.86 Å². The van der Waals surface area contributed by atoms with E-state index in [-0.39, 0.29) is 0 Å². The second-order valence-electron chi connectivity index (χ2n) is 1.80. The van der Waals surface area contributed by atoms with Gasteiger partial charge in [-0.15, -0.1) is 0 Å². The molecule has 0 aromatic heterocycles. The summed E-state index contributed by atoms with van der Waals surface area (Å²) in [5.41, 5.74) is 10.8. The first-order valence-electron chi connectivity index (χ1n) is 2.76. The predicted molar refractivity (Wildman–Crippen MR) is 32.4 cm³/mol. The Hall–Kier alpha value is 0.650. The SMILES string of the molecule is CC(N)C[I-]CCN. The van der Waals surface area contributed by atoms with Gasteiger partial charge >= 0.3 is 61.0 Å². The van der Waals surface area contributed by atoms with Crippen LogP contribution in [0.5, 0.6) is 0 Å². The van der Waals surface area contributed by atoms with Gasteiger partial charge in [0.15, 0.2) is 0 Å². The molecule has 0 bridgehead atoms. The van der Waals surface area contributed by atoms with Gasteiger partial charge in [0.1, 0.15) is 0 Å². The number of hydrogen-bond acceptors (Lipinski definition) is 2. The molecule has 52 valence electrons. The first kappa shape index (κ1) is 8.65. The Morgan fingerprint density at radius 3 is 2.62 bits per heavy atom. The Labute approximate surface area is 61.3 Å². The Bertz CT molecular complexity index is 47.7. The zero-order valence-corrected chi connectivity index (χ0v) is 7.39. The fourth-order valence-corrected chi connectivity index (χ4v) is 2.19. The fourth-order valence-electron chi connectivity index (χ4n) is 0.326. The summed E-state index contributed by atoms with van der Waals surface area (Å²) < 4.78 is 2.44. The summed E-state index contributed by atoms with van der Waals surface area (Å²) >= 11 is 0.334. The monoisotopic (exact) mass is 229 g/mol. The van der Waals surface area contributed by atoms with E-state index in [2.05, 4.69) is 6.92 Å². The molecule has 0 fully saturated rings. The number of alkyl halides is 2. The Morgan fingerprint density at radius 1 is 1.62 bits per heavy atom. The average Bonchev–Trinajstić information content (AvgIpc) is 1.66. The third kappa shape index (κ3) is 6.65. The van der Waals surface area contributed by atoms with Crippen molar-refractivity contribution in [1.82, 2.24) is 0 Å². The average molecular weight is 229 g/mol. The van der Waals surface area contributed by atoms with E-state index in [0.717, 1.165) is 6.54 Å². The molecule has 0 rings (SSSR count). The minimum absolute atomic E-state index is 0.334. The standard InChI is InChI=1S/C5H14IN2/c1-5(8)4-6-2-3-7/h5H,2-4,7-8H2,1H3/q-1. The Morgan fingerprint density at radius 2 is 2.25 bits per heavy atom. The van der Waals surface area contributed by atoms with E-state index in [4.69, 9.17) is 11.5 Å². The third-order valence-electron chi connectivity index (χ3n) is 0.595. The molecule has 0 saturated carbocycles. The minimum atomic E-state index is 0.334. The molecule has 0 amide bonds. The molecule has 8 heavy (non-hydrogen) atoms. The van der Waals surface area contributed by atoms with Crippen molar-refractivity contribution in [3.8, 4) is 0 Å². The summed E-state index contributed by atoms with van der Waals surface area (Å²) in [7, 11) is 0. The Balaban J connectivity index is 2.72. The molecular formula is C5H14IN2-. The maximum absolute atomic E-state index is 5.52. The summed E-state index contributed by atoms with van der Waals surface area (Å²) in [5, 5.41) is 0. The molecule has 2 nitrogen and oxygen atoms in total. The molecule has 0 aromatic carbocycles. The van der Waals surface area contributed by atoms with E-state index >= 15 is 0 Å². The van der Waals surface area contributed by atoms with Crippen molar-refractivity contribution in [2.75, 3.05) is 15.4 Å². The number of nitrogens with two attached hydrogens (primary N) is 2. The second kappa shape index (κ2) is 5.78. The second-order valence-corrected chi connectivity index (χ2v) is 4.84. The van der Waals surface area contributed by atoms with Gasteiger partial charge in [-0.3, -0.25) is 0 Å². The first-order valence-corrected chi connectivity index (χ1v) is 5.81. The molecule has 0 aliphatic rings. The summed E-state index contributed by atoms with van der Waals surface area (Å²) in [5.74, 6) is 0. The van der Waals surface area contributed by atoms with Crippen molar-refractivity contribution in [2.24, 2.45) is 11.5 Å². The number of halogens is 1. The summed E-state index contributed by atoms with van der Waals surface area (Å²) in [6, 6.07) is 0.398. The summed E-state index contributed by atoms with van der Waals surface area (Å²) in [6.45, 7) is 2.90. The molecule has 4 N–H and O–H groups in total. The maximum atomic E-state index is 5.52. The molecule has 0 aromatic rings. The topological polar surface area (TPSA) is 52.0 Å². The molecule has 3 heteroatoms. The van der Waals surface area contributed by atoms with Gasteiger partial charge in [0.2, 0.25) is 0 Å². The zero-order valence-electron chi connectivity index (χ0n) is 5.23. The molecule has 0 radical (unpaired) electrons. The van der Waals surface area contributed by atoms with Gasteiger partial charge in [-0.05, 0) is 0 Å². The van der Waals surface area contributed by atoms with Crippen LogP contribution in [0.1, 0.15) is 6.92 Å². The van der Waals surface area contributed by atoms with Crippen LogP contribution in [0.4, 0.5) is 0 Å². The van der Waals surface area contributed by atoms with Crippen molar-refractivity contribution >= 4 is 0 Å². The van der Waals surface area contributed by atoms with Gasteiger partial charge in [0, 0.05) is 0 Å². The molecule has 0 spiro atoms. The van der Waals surface area contributed by atoms with Crippen LogP contribution in [0.3, 0.4) is 0 Å². The first-order chi connectivity index (χ1) is 3.77. The Kier molecular flexibility index (Phi) is 6.25.